The molecular weight excluding hydrogens is 292 g/mol. The standard InChI is InChI=1S/C16H16N6O/c1-2-4-12(5-3-1)15-20-21-16(23-15)13-10-18-11-14(19-13)22-8-6-17-7-9-22/h1-5,10-11,17H,6-9H2. The van der Waals surface area contributed by atoms with E-state index >= 15 is 0 Å². The third-order valence-electron chi connectivity index (χ3n) is 3.73. The molecule has 2 aromatic heterocycles. The molecule has 116 valence electrons. The highest BCUT2D eigenvalue weighted by Crippen LogP contribution is 2.23. The molecule has 0 spiro atoms. The van der Waals surface area contributed by atoms with E-state index in [2.05, 4.69) is 30.4 Å². The van der Waals surface area contributed by atoms with Gasteiger partial charge < -0.3 is 14.6 Å². The molecule has 0 amide bonds. The summed E-state index contributed by atoms with van der Waals surface area (Å²) in [5.74, 6) is 1.70. The van der Waals surface area contributed by atoms with Gasteiger partial charge in [-0.15, -0.1) is 10.2 Å². The lowest BCUT2D eigenvalue weighted by molar-refractivity contribution is 0.576. The van der Waals surface area contributed by atoms with Gasteiger partial charge in [0, 0.05) is 31.7 Å². The molecule has 0 saturated carbocycles. The summed E-state index contributed by atoms with van der Waals surface area (Å²) in [7, 11) is 0. The minimum Gasteiger partial charge on any atom is -0.415 e. The fourth-order valence-corrected chi connectivity index (χ4v) is 2.53. The van der Waals surface area contributed by atoms with Crippen LogP contribution in [-0.4, -0.2) is 46.3 Å². The lowest BCUT2D eigenvalue weighted by Gasteiger charge is -2.28. The lowest BCUT2D eigenvalue weighted by atomic mass is 10.2. The Balaban J connectivity index is 1.62. The van der Waals surface area contributed by atoms with E-state index in [1.165, 1.54) is 0 Å². The average molecular weight is 308 g/mol. The first kappa shape index (κ1) is 13.8. The van der Waals surface area contributed by atoms with Gasteiger partial charge in [0.05, 0.1) is 12.4 Å². The zero-order valence-corrected chi connectivity index (χ0v) is 12.5. The summed E-state index contributed by atoms with van der Waals surface area (Å²) < 4.78 is 5.74. The van der Waals surface area contributed by atoms with Crippen molar-refractivity contribution in [1.29, 1.82) is 0 Å². The Morgan fingerprint density at radius 1 is 0.957 bits per heavy atom. The first-order chi connectivity index (χ1) is 11.4. The Bertz CT molecular complexity index is 782. The van der Waals surface area contributed by atoms with Crippen molar-refractivity contribution in [2.75, 3.05) is 31.1 Å². The van der Waals surface area contributed by atoms with E-state index in [-0.39, 0.29) is 0 Å². The van der Waals surface area contributed by atoms with E-state index in [1.54, 1.807) is 12.4 Å². The second kappa shape index (κ2) is 6.13. The number of nitrogens with zero attached hydrogens (tertiary/aromatic N) is 5. The molecule has 7 nitrogen and oxygen atoms in total. The Kier molecular flexibility index (Phi) is 3.69. The van der Waals surface area contributed by atoms with E-state index < -0.39 is 0 Å². The monoisotopic (exact) mass is 308 g/mol. The average Bonchev–Trinajstić information content (AvgIpc) is 3.14. The van der Waals surface area contributed by atoms with Crippen molar-refractivity contribution in [3.8, 4) is 23.0 Å². The van der Waals surface area contributed by atoms with Gasteiger partial charge in [-0.25, -0.2) is 4.98 Å². The van der Waals surface area contributed by atoms with Gasteiger partial charge in [-0.3, -0.25) is 4.98 Å². The van der Waals surface area contributed by atoms with Gasteiger partial charge in [0.2, 0.25) is 5.89 Å². The quantitative estimate of drug-likeness (QED) is 0.787. The molecule has 23 heavy (non-hydrogen) atoms. The predicted molar refractivity (Wildman–Crippen MR) is 85.8 cm³/mol. The third kappa shape index (κ3) is 2.91. The molecule has 3 heterocycles. The molecule has 3 aromatic rings. The summed E-state index contributed by atoms with van der Waals surface area (Å²) in [5.41, 5.74) is 1.48. The highest BCUT2D eigenvalue weighted by Gasteiger charge is 2.16. The van der Waals surface area contributed by atoms with Crippen LogP contribution in [0.5, 0.6) is 0 Å². The molecule has 4 rings (SSSR count). The van der Waals surface area contributed by atoms with Crippen molar-refractivity contribution < 1.29 is 4.42 Å². The van der Waals surface area contributed by atoms with Gasteiger partial charge in [0.25, 0.3) is 5.89 Å². The summed E-state index contributed by atoms with van der Waals surface area (Å²) in [4.78, 5) is 11.1. The largest absolute Gasteiger partial charge is 0.415 e. The number of hydrogen-bond acceptors (Lipinski definition) is 7. The van der Waals surface area contributed by atoms with Crippen LogP contribution in [0.3, 0.4) is 0 Å². The Morgan fingerprint density at radius 3 is 2.57 bits per heavy atom. The van der Waals surface area contributed by atoms with E-state index in [0.717, 1.165) is 37.6 Å². The van der Waals surface area contributed by atoms with Crippen LogP contribution in [0, 0.1) is 0 Å². The molecule has 1 aliphatic rings. The van der Waals surface area contributed by atoms with Crippen molar-refractivity contribution in [1.82, 2.24) is 25.5 Å². The fourth-order valence-electron chi connectivity index (χ4n) is 2.53. The predicted octanol–water partition coefficient (Wildman–Crippen LogP) is 1.60. The van der Waals surface area contributed by atoms with Crippen LogP contribution in [0.4, 0.5) is 5.82 Å². The van der Waals surface area contributed by atoms with Crippen LogP contribution in [0.25, 0.3) is 23.0 Å². The van der Waals surface area contributed by atoms with Crippen LogP contribution < -0.4 is 10.2 Å². The molecule has 0 bridgehead atoms. The fraction of sp³-hybridized carbons (Fsp3) is 0.250. The number of piperazine rings is 1. The third-order valence-corrected chi connectivity index (χ3v) is 3.73. The van der Waals surface area contributed by atoms with Crippen LogP contribution in [0.1, 0.15) is 0 Å². The second-order valence-electron chi connectivity index (χ2n) is 5.28. The van der Waals surface area contributed by atoms with Crippen LogP contribution in [-0.2, 0) is 0 Å². The molecule has 7 heteroatoms. The summed E-state index contributed by atoms with van der Waals surface area (Å²) >= 11 is 0. The number of rotatable bonds is 3. The SMILES string of the molecule is c1ccc(-c2nnc(-c3cncc(N4CCNCC4)n3)o2)cc1. The smallest absolute Gasteiger partial charge is 0.268 e. The van der Waals surface area contributed by atoms with Crippen molar-refractivity contribution >= 4 is 5.82 Å². The molecule has 1 N–H and O–H groups in total. The zero-order valence-electron chi connectivity index (χ0n) is 12.5. The summed E-state index contributed by atoms with van der Waals surface area (Å²) in [6.07, 6.45) is 3.41. The van der Waals surface area contributed by atoms with E-state index in [0.29, 0.717) is 17.5 Å². The van der Waals surface area contributed by atoms with Crippen molar-refractivity contribution in [2.45, 2.75) is 0 Å². The highest BCUT2D eigenvalue weighted by molar-refractivity contribution is 5.56. The van der Waals surface area contributed by atoms with Crippen LogP contribution >= 0.6 is 0 Å². The first-order valence-electron chi connectivity index (χ1n) is 7.57. The number of nitrogens with one attached hydrogen (secondary N) is 1. The van der Waals surface area contributed by atoms with Gasteiger partial charge in [0.15, 0.2) is 0 Å². The number of hydrogen-bond donors (Lipinski definition) is 1. The minimum absolute atomic E-state index is 0.383. The van der Waals surface area contributed by atoms with Gasteiger partial charge in [0.1, 0.15) is 11.5 Å². The topological polar surface area (TPSA) is 80.0 Å². The second-order valence-corrected chi connectivity index (χ2v) is 5.28. The van der Waals surface area contributed by atoms with Crippen molar-refractivity contribution in [3.63, 3.8) is 0 Å². The Labute approximate surface area is 133 Å². The number of anilines is 1. The molecule has 1 saturated heterocycles. The molecule has 1 aromatic carbocycles. The molecule has 0 atom stereocenters. The zero-order chi connectivity index (χ0) is 15.5. The molecule has 1 aliphatic heterocycles. The maximum absolute atomic E-state index is 5.74. The summed E-state index contributed by atoms with van der Waals surface area (Å²) in [6, 6.07) is 9.68. The Hall–Kier alpha value is -2.80. The maximum Gasteiger partial charge on any atom is 0.268 e. The van der Waals surface area contributed by atoms with E-state index in [4.69, 9.17) is 4.42 Å². The molecular formula is C16H16N6O. The first-order valence-corrected chi connectivity index (χ1v) is 7.57. The van der Waals surface area contributed by atoms with Crippen molar-refractivity contribution in [3.05, 3.63) is 42.7 Å². The number of aromatic nitrogens is 4. The van der Waals surface area contributed by atoms with Crippen LogP contribution in [0.2, 0.25) is 0 Å². The minimum atomic E-state index is 0.383. The molecule has 1 fully saturated rings. The van der Waals surface area contributed by atoms with E-state index in [1.807, 2.05) is 30.3 Å². The molecule has 0 radical (unpaired) electrons. The maximum atomic E-state index is 5.74. The van der Waals surface area contributed by atoms with Gasteiger partial charge >= 0.3 is 0 Å². The lowest BCUT2D eigenvalue weighted by Crippen LogP contribution is -2.43. The van der Waals surface area contributed by atoms with E-state index in [9.17, 15) is 0 Å². The van der Waals surface area contributed by atoms with Gasteiger partial charge in [-0.05, 0) is 12.1 Å². The molecule has 0 aliphatic carbocycles. The normalized spacial score (nSPS) is 14.9. The van der Waals surface area contributed by atoms with Crippen molar-refractivity contribution in [2.24, 2.45) is 0 Å². The van der Waals surface area contributed by atoms with Crippen LogP contribution in [0.15, 0.2) is 47.1 Å². The number of benzene rings is 1. The molecule has 0 unspecified atom stereocenters. The Morgan fingerprint density at radius 2 is 1.74 bits per heavy atom. The van der Waals surface area contributed by atoms with Gasteiger partial charge in [-0.2, -0.15) is 0 Å². The summed E-state index contributed by atoms with van der Waals surface area (Å²) in [6.45, 7) is 3.73. The van der Waals surface area contributed by atoms with Gasteiger partial charge in [-0.1, -0.05) is 18.2 Å². The highest BCUT2D eigenvalue weighted by atomic mass is 16.4. The summed E-state index contributed by atoms with van der Waals surface area (Å²) in [5, 5.41) is 11.5.